The van der Waals surface area contributed by atoms with Gasteiger partial charge in [0.1, 0.15) is 32.7 Å². The molecule has 1 aromatic carbocycles. The lowest BCUT2D eigenvalue weighted by molar-refractivity contribution is -1.02. The lowest BCUT2D eigenvalue weighted by atomic mass is 10.2. The number of halogens is 1. The van der Waals surface area contributed by atoms with Crippen molar-refractivity contribution in [3.8, 4) is 0 Å². The molecule has 128 valence electrons. The van der Waals surface area contributed by atoms with Gasteiger partial charge in [-0.15, -0.1) is 11.3 Å². The normalized spacial score (nSPS) is 22.1. The molecule has 0 unspecified atom stereocenters. The molecule has 1 aromatic heterocycles. The summed E-state index contributed by atoms with van der Waals surface area (Å²) in [4.78, 5) is 17.0. The molecule has 1 saturated heterocycles. The van der Waals surface area contributed by atoms with E-state index in [0.29, 0.717) is 0 Å². The number of hydrogen-bond acceptors (Lipinski definition) is 2. The number of carbonyl (C=O) groups excluding carboxylic acids is 1. The van der Waals surface area contributed by atoms with Crippen LogP contribution in [0.15, 0.2) is 46.3 Å². The molecule has 2 aromatic rings. The average molecular weight is 410 g/mol. The highest BCUT2D eigenvalue weighted by molar-refractivity contribution is 9.10. The topological polar surface area (TPSA) is 38.0 Å². The van der Waals surface area contributed by atoms with Gasteiger partial charge in [-0.2, -0.15) is 0 Å². The Morgan fingerprint density at radius 1 is 1.21 bits per heavy atom. The number of benzene rings is 1. The number of hydrogen-bond donors (Lipinski definition) is 3. The fraction of sp³-hybridized carbons (Fsp3) is 0.389. The Morgan fingerprint density at radius 2 is 1.92 bits per heavy atom. The molecule has 0 aliphatic carbocycles. The van der Waals surface area contributed by atoms with Crippen LogP contribution in [0.2, 0.25) is 0 Å². The molecule has 1 aliphatic heterocycles. The highest BCUT2D eigenvalue weighted by Crippen LogP contribution is 2.14. The van der Waals surface area contributed by atoms with Gasteiger partial charge < -0.3 is 15.1 Å². The third-order valence-corrected chi connectivity index (χ3v) is 6.13. The number of nitrogens with one attached hydrogen (secondary N) is 3. The quantitative estimate of drug-likeness (QED) is 0.671. The van der Waals surface area contributed by atoms with E-state index in [9.17, 15) is 4.79 Å². The lowest BCUT2D eigenvalue weighted by Gasteiger charge is -2.32. The summed E-state index contributed by atoms with van der Waals surface area (Å²) < 4.78 is 1.02. The van der Waals surface area contributed by atoms with Crippen LogP contribution >= 0.6 is 27.3 Å². The van der Waals surface area contributed by atoms with Crippen LogP contribution in [0.4, 0.5) is 5.69 Å². The van der Waals surface area contributed by atoms with E-state index in [2.05, 4.69) is 38.8 Å². The molecule has 1 amide bonds. The zero-order chi connectivity index (χ0) is 16.9. The first-order valence-corrected chi connectivity index (χ1v) is 10.1. The third kappa shape index (κ3) is 4.66. The number of piperazine rings is 1. The Labute approximate surface area is 155 Å². The smallest absolute Gasteiger partial charge is 0.282 e. The molecule has 1 fully saturated rings. The van der Waals surface area contributed by atoms with Crippen LogP contribution in [0, 0.1) is 0 Å². The van der Waals surface area contributed by atoms with Crippen LogP contribution in [0.1, 0.15) is 11.8 Å². The summed E-state index contributed by atoms with van der Waals surface area (Å²) in [6.45, 7) is 7.51. The van der Waals surface area contributed by atoms with Gasteiger partial charge in [-0.05, 0) is 42.6 Å². The van der Waals surface area contributed by atoms with E-state index >= 15 is 0 Å². The molecular weight excluding hydrogens is 386 g/mol. The van der Waals surface area contributed by atoms with Crippen LogP contribution < -0.4 is 15.1 Å². The molecule has 1 aliphatic rings. The fourth-order valence-electron chi connectivity index (χ4n) is 3.16. The van der Waals surface area contributed by atoms with Crippen LogP contribution in [0.3, 0.4) is 0 Å². The van der Waals surface area contributed by atoms with Gasteiger partial charge in [0.25, 0.3) is 5.91 Å². The van der Waals surface area contributed by atoms with Gasteiger partial charge in [-0.1, -0.05) is 22.0 Å². The van der Waals surface area contributed by atoms with E-state index in [4.69, 9.17) is 0 Å². The molecule has 0 saturated carbocycles. The van der Waals surface area contributed by atoms with Crippen molar-refractivity contribution in [2.45, 2.75) is 19.5 Å². The summed E-state index contributed by atoms with van der Waals surface area (Å²) >= 11 is 5.25. The standard InChI is InChI=1S/C18H22BrN3OS/c1-14(18(23)20-16-6-4-15(19)5-7-16)22-10-8-21(9-11-22)13-17-3-2-12-24-17/h2-7,12,14H,8-11,13H2,1H3,(H,20,23)/p+2/t14-/m1/s1. The second-order valence-electron chi connectivity index (χ2n) is 6.38. The van der Waals surface area contributed by atoms with Gasteiger partial charge in [0, 0.05) is 10.2 Å². The second-order valence-corrected chi connectivity index (χ2v) is 8.33. The van der Waals surface area contributed by atoms with Gasteiger partial charge in [-0.25, -0.2) is 0 Å². The van der Waals surface area contributed by atoms with Crippen LogP contribution in [-0.2, 0) is 11.3 Å². The predicted molar refractivity (Wildman–Crippen MR) is 102 cm³/mol. The first-order chi connectivity index (χ1) is 11.6. The number of rotatable bonds is 5. The van der Waals surface area contributed by atoms with Gasteiger partial charge in [0.2, 0.25) is 0 Å². The molecule has 24 heavy (non-hydrogen) atoms. The van der Waals surface area contributed by atoms with Crippen molar-refractivity contribution in [1.82, 2.24) is 0 Å². The zero-order valence-electron chi connectivity index (χ0n) is 13.8. The van der Waals surface area contributed by atoms with E-state index in [-0.39, 0.29) is 11.9 Å². The number of amides is 1. The van der Waals surface area contributed by atoms with Crippen LogP contribution in [-0.4, -0.2) is 38.1 Å². The molecule has 1 atom stereocenters. The molecule has 6 heteroatoms. The number of thiophene rings is 1. The Bertz CT molecular complexity index is 651. The Morgan fingerprint density at radius 3 is 2.54 bits per heavy atom. The minimum Gasteiger partial charge on any atom is -0.321 e. The van der Waals surface area contributed by atoms with Gasteiger partial charge in [0.15, 0.2) is 6.04 Å². The van der Waals surface area contributed by atoms with Crippen molar-refractivity contribution in [3.63, 3.8) is 0 Å². The van der Waals surface area contributed by atoms with E-state index in [1.54, 1.807) is 4.90 Å². The fourth-order valence-corrected chi connectivity index (χ4v) is 4.20. The van der Waals surface area contributed by atoms with Crippen molar-refractivity contribution in [1.29, 1.82) is 0 Å². The highest BCUT2D eigenvalue weighted by Gasteiger charge is 2.31. The minimum atomic E-state index is -0.0167. The lowest BCUT2D eigenvalue weighted by Crippen LogP contribution is -3.29. The highest BCUT2D eigenvalue weighted by atomic mass is 79.9. The molecule has 3 rings (SSSR count). The van der Waals surface area contributed by atoms with Crippen molar-refractivity contribution < 1.29 is 14.6 Å². The first kappa shape index (κ1) is 17.6. The first-order valence-electron chi connectivity index (χ1n) is 8.39. The Balaban J connectivity index is 1.48. The summed E-state index contributed by atoms with van der Waals surface area (Å²) in [5.74, 6) is 0.106. The summed E-state index contributed by atoms with van der Waals surface area (Å²) in [5.41, 5.74) is 0.858. The Hall–Kier alpha value is -1.21. The van der Waals surface area contributed by atoms with Crippen molar-refractivity contribution in [2.75, 3.05) is 31.5 Å². The largest absolute Gasteiger partial charge is 0.321 e. The van der Waals surface area contributed by atoms with E-state index < -0.39 is 0 Å². The zero-order valence-corrected chi connectivity index (χ0v) is 16.3. The van der Waals surface area contributed by atoms with Gasteiger partial charge >= 0.3 is 0 Å². The van der Waals surface area contributed by atoms with Gasteiger partial charge in [0.05, 0.1) is 4.88 Å². The number of quaternary nitrogens is 2. The third-order valence-electron chi connectivity index (χ3n) is 4.72. The summed E-state index contributed by atoms with van der Waals surface area (Å²) in [6.07, 6.45) is 0. The molecule has 0 bridgehead atoms. The monoisotopic (exact) mass is 409 g/mol. The maximum absolute atomic E-state index is 12.5. The summed E-state index contributed by atoms with van der Waals surface area (Å²) in [6, 6.07) is 12.1. The number of anilines is 1. The van der Waals surface area contributed by atoms with Crippen molar-refractivity contribution >= 4 is 38.9 Å². The van der Waals surface area contributed by atoms with E-state index in [0.717, 1.165) is 42.9 Å². The molecule has 3 N–H and O–H groups in total. The van der Waals surface area contributed by atoms with E-state index in [1.165, 1.54) is 9.78 Å². The molecule has 0 radical (unpaired) electrons. The maximum atomic E-state index is 12.5. The predicted octanol–water partition coefficient (Wildman–Crippen LogP) is 0.821. The maximum Gasteiger partial charge on any atom is 0.282 e. The van der Waals surface area contributed by atoms with Gasteiger partial charge in [-0.3, -0.25) is 4.79 Å². The Kier molecular flexibility index (Phi) is 6.05. The molecule has 0 spiro atoms. The summed E-state index contributed by atoms with van der Waals surface area (Å²) in [7, 11) is 0. The summed E-state index contributed by atoms with van der Waals surface area (Å²) in [5, 5.41) is 5.17. The molecular formula is C18H24BrN3OS+2. The SMILES string of the molecule is C[C@H](C(=O)Nc1ccc(Br)cc1)[NH+]1CC[NH+](Cc2cccs2)CC1. The van der Waals surface area contributed by atoms with Crippen molar-refractivity contribution in [2.24, 2.45) is 0 Å². The second kappa shape index (κ2) is 8.25. The molecule has 2 heterocycles. The van der Waals surface area contributed by atoms with E-state index in [1.807, 2.05) is 42.5 Å². The molecule has 4 nitrogen and oxygen atoms in total. The van der Waals surface area contributed by atoms with Crippen molar-refractivity contribution in [3.05, 3.63) is 51.1 Å². The minimum absolute atomic E-state index is 0.0167. The number of carbonyl (C=O) groups is 1. The van der Waals surface area contributed by atoms with Crippen LogP contribution in [0.5, 0.6) is 0 Å². The average Bonchev–Trinajstić information content (AvgIpc) is 3.10. The van der Waals surface area contributed by atoms with Crippen LogP contribution in [0.25, 0.3) is 0 Å².